The Morgan fingerprint density at radius 1 is 0.970 bits per heavy atom. The molecule has 2 aromatic carbocycles. The summed E-state index contributed by atoms with van der Waals surface area (Å²) in [5, 5.41) is 8.81. The van der Waals surface area contributed by atoms with Crippen LogP contribution in [0.15, 0.2) is 71.1 Å². The van der Waals surface area contributed by atoms with Crippen molar-refractivity contribution >= 4 is 16.8 Å². The van der Waals surface area contributed by atoms with E-state index in [-0.39, 0.29) is 5.91 Å². The second kappa shape index (κ2) is 10.0. The lowest BCUT2D eigenvalue weighted by atomic mass is 10.2. The zero-order chi connectivity index (χ0) is 23.4. The number of rotatable bonds is 9. The highest BCUT2D eigenvalue weighted by molar-refractivity contribution is 5.94. The number of nitrogens with zero attached hydrogens (tertiary/aromatic N) is 3. The topological polar surface area (TPSA) is 63.3 Å². The van der Waals surface area contributed by atoms with E-state index in [4.69, 9.17) is 9.52 Å². The molecule has 1 N–H and O–H groups in total. The molecule has 172 valence electrons. The van der Waals surface area contributed by atoms with Crippen LogP contribution in [0.2, 0.25) is 0 Å². The molecule has 0 aliphatic carbocycles. The molecule has 0 aliphatic rings. The molecule has 4 aromatic rings. The summed E-state index contributed by atoms with van der Waals surface area (Å²) in [5.74, 6) is 0.684. The van der Waals surface area contributed by atoms with Gasteiger partial charge < -0.3 is 9.73 Å². The molecule has 0 spiro atoms. The van der Waals surface area contributed by atoms with Gasteiger partial charge in [0, 0.05) is 30.6 Å². The highest BCUT2D eigenvalue weighted by Gasteiger charge is 2.19. The molecule has 33 heavy (non-hydrogen) atoms. The summed E-state index contributed by atoms with van der Waals surface area (Å²) in [7, 11) is 0. The molecular formula is C27H32N4O2. The van der Waals surface area contributed by atoms with Crippen LogP contribution in [0.25, 0.3) is 22.4 Å². The Kier molecular flexibility index (Phi) is 6.94. The fourth-order valence-corrected chi connectivity index (χ4v) is 4.27. The van der Waals surface area contributed by atoms with Gasteiger partial charge in [-0.3, -0.25) is 14.4 Å². The Hall–Kier alpha value is -3.38. The lowest BCUT2D eigenvalue weighted by Gasteiger charge is -2.30. The molecule has 4 rings (SSSR count). The predicted octanol–water partition coefficient (Wildman–Crippen LogP) is 5.19. The van der Waals surface area contributed by atoms with Crippen molar-refractivity contribution in [1.29, 1.82) is 0 Å². The van der Waals surface area contributed by atoms with Crippen molar-refractivity contribution in [3.05, 3.63) is 78.1 Å². The van der Waals surface area contributed by atoms with E-state index in [0.717, 1.165) is 23.1 Å². The molecule has 6 heteroatoms. The maximum atomic E-state index is 12.7. The molecule has 0 fully saturated rings. The third kappa shape index (κ3) is 5.17. The maximum Gasteiger partial charge on any atom is 0.287 e. The number of benzene rings is 2. The molecule has 2 heterocycles. The Bertz CT molecular complexity index is 1200. The van der Waals surface area contributed by atoms with Crippen LogP contribution in [-0.4, -0.2) is 45.8 Å². The summed E-state index contributed by atoms with van der Waals surface area (Å²) in [5.41, 5.74) is 2.95. The third-order valence-electron chi connectivity index (χ3n) is 5.88. The minimum absolute atomic E-state index is 0.207. The van der Waals surface area contributed by atoms with Gasteiger partial charge in [0.05, 0.1) is 12.1 Å². The van der Waals surface area contributed by atoms with Gasteiger partial charge in [0.15, 0.2) is 11.5 Å². The minimum Gasteiger partial charge on any atom is -0.449 e. The van der Waals surface area contributed by atoms with Crippen LogP contribution in [0.3, 0.4) is 0 Å². The number of furan rings is 1. The highest BCUT2D eigenvalue weighted by Crippen LogP contribution is 2.29. The number of carbonyl (C=O) groups excluding carboxylic acids is 1. The largest absolute Gasteiger partial charge is 0.449 e. The second-order valence-corrected chi connectivity index (χ2v) is 8.85. The van der Waals surface area contributed by atoms with Gasteiger partial charge in [-0.25, -0.2) is 0 Å². The molecular weight excluding hydrogens is 412 g/mol. The van der Waals surface area contributed by atoms with Crippen LogP contribution in [-0.2, 0) is 6.54 Å². The molecule has 0 saturated carbocycles. The van der Waals surface area contributed by atoms with Gasteiger partial charge in [-0.15, -0.1) is 0 Å². The van der Waals surface area contributed by atoms with Gasteiger partial charge in [0.1, 0.15) is 5.69 Å². The number of aromatic nitrogens is 2. The van der Waals surface area contributed by atoms with Gasteiger partial charge >= 0.3 is 0 Å². The van der Waals surface area contributed by atoms with E-state index in [2.05, 4.69) is 56.1 Å². The smallest absolute Gasteiger partial charge is 0.287 e. The molecule has 0 radical (unpaired) electrons. The summed E-state index contributed by atoms with van der Waals surface area (Å²) in [6, 6.07) is 22.7. The Balaban J connectivity index is 1.51. The van der Waals surface area contributed by atoms with Crippen LogP contribution in [0, 0.1) is 0 Å². The van der Waals surface area contributed by atoms with Gasteiger partial charge in [0.25, 0.3) is 5.91 Å². The lowest BCUT2D eigenvalue weighted by Crippen LogP contribution is -2.42. The molecule has 1 amide bonds. The zero-order valence-corrected chi connectivity index (χ0v) is 19.8. The normalized spacial score (nSPS) is 11.7. The minimum atomic E-state index is -0.207. The first kappa shape index (κ1) is 22.8. The van der Waals surface area contributed by atoms with E-state index >= 15 is 0 Å². The van der Waals surface area contributed by atoms with Crippen molar-refractivity contribution in [2.24, 2.45) is 0 Å². The van der Waals surface area contributed by atoms with Crippen molar-refractivity contribution in [3.63, 3.8) is 0 Å². The van der Waals surface area contributed by atoms with Crippen molar-refractivity contribution in [2.75, 3.05) is 13.1 Å². The van der Waals surface area contributed by atoms with Gasteiger partial charge in [-0.05, 0) is 51.5 Å². The predicted molar refractivity (Wildman–Crippen MR) is 132 cm³/mol. The average Bonchev–Trinajstić information content (AvgIpc) is 3.42. The first-order valence-electron chi connectivity index (χ1n) is 11.6. The number of hydrogen-bond acceptors (Lipinski definition) is 4. The summed E-state index contributed by atoms with van der Waals surface area (Å²) in [6.45, 7) is 10.7. The molecule has 0 bridgehead atoms. The van der Waals surface area contributed by atoms with Crippen LogP contribution < -0.4 is 5.32 Å². The quantitative estimate of drug-likeness (QED) is 0.386. The van der Waals surface area contributed by atoms with E-state index in [1.807, 2.05) is 47.1 Å². The van der Waals surface area contributed by atoms with Crippen LogP contribution in [0.1, 0.15) is 43.8 Å². The fraction of sp³-hybridized carbons (Fsp3) is 0.333. The molecule has 0 saturated heterocycles. The van der Waals surface area contributed by atoms with E-state index in [0.29, 0.717) is 36.7 Å². The van der Waals surface area contributed by atoms with E-state index < -0.39 is 0 Å². The summed E-state index contributed by atoms with van der Waals surface area (Å²) < 4.78 is 7.93. The van der Waals surface area contributed by atoms with E-state index in [9.17, 15) is 4.79 Å². The Morgan fingerprint density at radius 2 is 1.67 bits per heavy atom. The molecule has 2 aromatic heterocycles. The van der Waals surface area contributed by atoms with Gasteiger partial charge in [-0.1, -0.05) is 48.5 Å². The monoisotopic (exact) mass is 444 g/mol. The molecule has 0 atom stereocenters. The summed E-state index contributed by atoms with van der Waals surface area (Å²) >= 11 is 0. The SMILES string of the molecule is CC(C)N(CCNC(=O)c1ccc(-c2nn(Cc3ccccc3)c3ccccc23)o1)C(C)C. The molecule has 0 aliphatic heterocycles. The number of amides is 1. The van der Waals surface area contributed by atoms with Crippen molar-refractivity contribution in [1.82, 2.24) is 20.0 Å². The first-order chi connectivity index (χ1) is 15.9. The average molecular weight is 445 g/mol. The first-order valence-corrected chi connectivity index (χ1v) is 11.6. The standard InChI is InChI=1S/C27H32N4O2/c1-19(2)30(20(3)4)17-16-28-27(32)25-15-14-24(33-25)26-22-12-8-9-13-23(22)31(29-26)18-21-10-6-5-7-11-21/h5-15,19-20H,16-18H2,1-4H3,(H,28,32). The number of nitrogens with one attached hydrogen (secondary N) is 1. The van der Waals surface area contributed by atoms with Crippen molar-refractivity contribution in [2.45, 2.75) is 46.3 Å². The van der Waals surface area contributed by atoms with Crippen molar-refractivity contribution in [3.8, 4) is 11.5 Å². The summed E-state index contributed by atoms with van der Waals surface area (Å²) in [6.07, 6.45) is 0. The highest BCUT2D eigenvalue weighted by atomic mass is 16.4. The number of carbonyl (C=O) groups is 1. The van der Waals surface area contributed by atoms with Gasteiger partial charge in [-0.2, -0.15) is 5.10 Å². The maximum absolute atomic E-state index is 12.7. The Morgan fingerprint density at radius 3 is 2.39 bits per heavy atom. The van der Waals surface area contributed by atoms with Gasteiger partial charge in [0.2, 0.25) is 0 Å². The Labute approximate surface area is 195 Å². The fourth-order valence-electron chi connectivity index (χ4n) is 4.27. The lowest BCUT2D eigenvalue weighted by molar-refractivity contribution is 0.0913. The van der Waals surface area contributed by atoms with Crippen LogP contribution in [0.4, 0.5) is 0 Å². The second-order valence-electron chi connectivity index (χ2n) is 8.85. The summed E-state index contributed by atoms with van der Waals surface area (Å²) in [4.78, 5) is 15.0. The third-order valence-corrected chi connectivity index (χ3v) is 5.88. The van der Waals surface area contributed by atoms with Crippen LogP contribution >= 0.6 is 0 Å². The molecule has 0 unspecified atom stereocenters. The zero-order valence-electron chi connectivity index (χ0n) is 19.8. The van der Waals surface area contributed by atoms with E-state index in [1.165, 1.54) is 5.56 Å². The number of fused-ring (bicyclic) bond motifs is 1. The number of para-hydroxylation sites is 1. The van der Waals surface area contributed by atoms with Crippen LogP contribution in [0.5, 0.6) is 0 Å². The molecule has 6 nitrogen and oxygen atoms in total. The number of hydrogen-bond donors (Lipinski definition) is 1. The van der Waals surface area contributed by atoms with Crippen molar-refractivity contribution < 1.29 is 9.21 Å². The van der Waals surface area contributed by atoms with E-state index in [1.54, 1.807) is 6.07 Å².